The third kappa shape index (κ3) is 2.27. The molecule has 0 saturated carbocycles. The fourth-order valence-electron chi connectivity index (χ4n) is 2.20. The van der Waals surface area contributed by atoms with Crippen molar-refractivity contribution in [3.8, 4) is 10.4 Å². The lowest BCUT2D eigenvalue weighted by molar-refractivity contribution is 0.712. The molecule has 96 valence electrons. The molecule has 2 nitrogen and oxygen atoms in total. The summed E-state index contributed by atoms with van der Waals surface area (Å²) in [4.78, 5) is 6.99. The normalized spacial score (nSPS) is 12.7. The monoisotopic (exact) mass is 268 g/mol. The quantitative estimate of drug-likeness (QED) is 0.766. The number of rotatable bonds is 3. The predicted octanol–water partition coefficient (Wildman–Crippen LogP) is 4.37. The molecule has 19 heavy (non-hydrogen) atoms. The second-order valence-corrected chi connectivity index (χ2v) is 5.71. The molecule has 0 aliphatic heterocycles. The Morgan fingerprint density at radius 1 is 1.16 bits per heavy atom. The maximum atomic E-state index is 6.09. The van der Waals surface area contributed by atoms with Crippen LogP contribution in [-0.2, 0) is 0 Å². The van der Waals surface area contributed by atoms with E-state index in [1.54, 1.807) is 11.3 Å². The van der Waals surface area contributed by atoms with Crippen LogP contribution < -0.4 is 5.73 Å². The molecule has 0 bridgehead atoms. The van der Waals surface area contributed by atoms with Gasteiger partial charge in [-0.15, -0.1) is 11.3 Å². The van der Waals surface area contributed by atoms with Gasteiger partial charge in [-0.2, -0.15) is 0 Å². The average Bonchev–Trinajstić information content (AvgIpc) is 2.95. The van der Waals surface area contributed by atoms with Crippen LogP contribution in [0, 0.1) is 0 Å². The van der Waals surface area contributed by atoms with E-state index in [1.165, 1.54) is 20.7 Å². The minimum atomic E-state index is 0.140. The van der Waals surface area contributed by atoms with E-state index in [9.17, 15) is 0 Å². The molecule has 2 N–H and O–H groups in total. The fraction of sp³-hybridized carbons (Fsp3) is 0.188. The number of fused-ring (bicyclic) bond motifs is 1. The van der Waals surface area contributed by atoms with Crippen LogP contribution in [-0.4, -0.2) is 4.98 Å². The first-order valence-corrected chi connectivity index (χ1v) is 7.30. The molecule has 3 aromatic rings. The van der Waals surface area contributed by atoms with E-state index in [0.29, 0.717) is 0 Å². The van der Waals surface area contributed by atoms with Gasteiger partial charge < -0.3 is 5.73 Å². The van der Waals surface area contributed by atoms with Crippen LogP contribution in [0.1, 0.15) is 24.3 Å². The van der Waals surface area contributed by atoms with Crippen molar-refractivity contribution < 1.29 is 0 Å². The molecule has 0 aliphatic rings. The van der Waals surface area contributed by atoms with Crippen LogP contribution in [0.15, 0.2) is 48.7 Å². The summed E-state index contributed by atoms with van der Waals surface area (Å²) in [6.07, 6.45) is 2.81. The third-order valence-electron chi connectivity index (χ3n) is 3.33. The van der Waals surface area contributed by atoms with Crippen LogP contribution in [0.3, 0.4) is 0 Å². The zero-order valence-electron chi connectivity index (χ0n) is 10.8. The summed E-state index contributed by atoms with van der Waals surface area (Å²) >= 11 is 1.77. The summed E-state index contributed by atoms with van der Waals surface area (Å²) in [5.41, 5.74) is 8.34. The lowest BCUT2D eigenvalue weighted by Gasteiger charge is -2.05. The summed E-state index contributed by atoms with van der Waals surface area (Å²) < 4.78 is 0. The number of nitrogens with zero attached hydrogens (tertiary/aromatic N) is 1. The van der Waals surface area contributed by atoms with E-state index >= 15 is 0 Å². The predicted molar refractivity (Wildman–Crippen MR) is 82.3 cm³/mol. The largest absolute Gasteiger partial charge is 0.323 e. The molecular formula is C16H16N2S. The summed E-state index contributed by atoms with van der Waals surface area (Å²) in [5, 5.41) is 1.18. The van der Waals surface area contributed by atoms with Crippen molar-refractivity contribution in [3.63, 3.8) is 0 Å². The first-order valence-electron chi connectivity index (χ1n) is 6.49. The Bertz CT molecular complexity index is 697. The van der Waals surface area contributed by atoms with Crippen molar-refractivity contribution in [2.45, 2.75) is 19.4 Å². The van der Waals surface area contributed by atoms with Crippen LogP contribution in [0.5, 0.6) is 0 Å². The lowest BCUT2D eigenvalue weighted by atomic mass is 10.1. The number of nitrogens with two attached hydrogens (primary N) is 1. The first kappa shape index (κ1) is 12.3. The number of thiophene rings is 1. The standard InChI is InChI=1S/C16H16N2S/c1-2-13(17)15-9-8-14(19-15)12-7-3-5-11-6-4-10-18-16(11)12/h3-10,13H,2,17H2,1H3. The van der Waals surface area contributed by atoms with Gasteiger partial charge in [-0.05, 0) is 24.6 Å². The molecule has 1 unspecified atom stereocenters. The molecule has 0 saturated heterocycles. The summed E-state index contributed by atoms with van der Waals surface area (Å²) in [7, 11) is 0. The van der Waals surface area contributed by atoms with Gasteiger partial charge in [0.25, 0.3) is 0 Å². The zero-order chi connectivity index (χ0) is 13.2. The molecule has 2 aromatic heterocycles. The maximum Gasteiger partial charge on any atom is 0.0788 e. The second-order valence-electron chi connectivity index (χ2n) is 4.60. The Hall–Kier alpha value is -1.71. The molecule has 0 fully saturated rings. The first-order chi connectivity index (χ1) is 9.29. The molecule has 3 heteroatoms. The van der Waals surface area contributed by atoms with Gasteiger partial charge in [-0.25, -0.2) is 0 Å². The zero-order valence-corrected chi connectivity index (χ0v) is 11.7. The van der Waals surface area contributed by atoms with Gasteiger partial charge in [-0.1, -0.05) is 31.2 Å². The molecule has 3 rings (SSSR count). The highest BCUT2D eigenvalue weighted by atomic mass is 32.1. The van der Waals surface area contributed by atoms with Crippen molar-refractivity contribution in [1.29, 1.82) is 0 Å². The van der Waals surface area contributed by atoms with Crippen molar-refractivity contribution in [2.75, 3.05) is 0 Å². The van der Waals surface area contributed by atoms with Gasteiger partial charge in [0.15, 0.2) is 0 Å². The van der Waals surface area contributed by atoms with Gasteiger partial charge in [0.1, 0.15) is 0 Å². The fourth-order valence-corrected chi connectivity index (χ4v) is 3.32. The van der Waals surface area contributed by atoms with Crippen molar-refractivity contribution in [3.05, 3.63) is 53.5 Å². The third-order valence-corrected chi connectivity index (χ3v) is 4.58. The van der Waals surface area contributed by atoms with Gasteiger partial charge in [-0.3, -0.25) is 4.98 Å². The molecule has 0 aliphatic carbocycles. The Balaban J connectivity index is 2.12. The number of aromatic nitrogens is 1. The number of hydrogen-bond acceptors (Lipinski definition) is 3. The molecule has 2 heterocycles. The van der Waals surface area contributed by atoms with Crippen molar-refractivity contribution >= 4 is 22.2 Å². The highest BCUT2D eigenvalue weighted by molar-refractivity contribution is 7.15. The highest BCUT2D eigenvalue weighted by Gasteiger charge is 2.10. The van der Waals surface area contributed by atoms with Crippen LogP contribution in [0.4, 0.5) is 0 Å². The Labute approximate surface area is 116 Å². The van der Waals surface area contributed by atoms with E-state index < -0.39 is 0 Å². The SMILES string of the molecule is CCC(N)c1ccc(-c2cccc3cccnc23)s1. The smallest absolute Gasteiger partial charge is 0.0788 e. The molecule has 0 radical (unpaired) electrons. The van der Waals surface area contributed by atoms with E-state index in [2.05, 4.69) is 48.3 Å². The number of para-hydroxylation sites is 1. The maximum absolute atomic E-state index is 6.09. The van der Waals surface area contributed by atoms with Gasteiger partial charge in [0, 0.05) is 32.9 Å². The molecule has 0 spiro atoms. The van der Waals surface area contributed by atoms with Crippen LogP contribution >= 0.6 is 11.3 Å². The van der Waals surface area contributed by atoms with E-state index in [-0.39, 0.29) is 6.04 Å². The van der Waals surface area contributed by atoms with Crippen molar-refractivity contribution in [1.82, 2.24) is 4.98 Å². The Morgan fingerprint density at radius 2 is 2.00 bits per heavy atom. The lowest BCUT2D eigenvalue weighted by Crippen LogP contribution is -2.05. The van der Waals surface area contributed by atoms with E-state index in [1.807, 2.05) is 12.3 Å². The second kappa shape index (κ2) is 5.11. The van der Waals surface area contributed by atoms with E-state index in [0.717, 1.165) is 11.9 Å². The van der Waals surface area contributed by atoms with Gasteiger partial charge >= 0.3 is 0 Å². The Morgan fingerprint density at radius 3 is 2.84 bits per heavy atom. The molecule has 1 atom stereocenters. The summed E-state index contributed by atoms with van der Waals surface area (Å²) in [6, 6.07) is 14.8. The minimum absolute atomic E-state index is 0.140. The number of hydrogen-bond donors (Lipinski definition) is 1. The Kier molecular flexibility index (Phi) is 3.32. The summed E-state index contributed by atoms with van der Waals surface area (Å²) in [5.74, 6) is 0. The summed E-state index contributed by atoms with van der Waals surface area (Å²) in [6.45, 7) is 2.11. The topological polar surface area (TPSA) is 38.9 Å². The van der Waals surface area contributed by atoms with Crippen LogP contribution in [0.25, 0.3) is 21.3 Å². The van der Waals surface area contributed by atoms with Crippen molar-refractivity contribution in [2.24, 2.45) is 5.73 Å². The van der Waals surface area contributed by atoms with Gasteiger partial charge in [0.2, 0.25) is 0 Å². The number of pyridine rings is 1. The molecule has 1 aromatic carbocycles. The average molecular weight is 268 g/mol. The molecular weight excluding hydrogens is 252 g/mol. The highest BCUT2D eigenvalue weighted by Crippen LogP contribution is 2.34. The van der Waals surface area contributed by atoms with E-state index in [4.69, 9.17) is 5.73 Å². The van der Waals surface area contributed by atoms with Crippen LogP contribution in [0.2, 0.25) is 0 Å². The molecule has 0 amide bonds. The van der Waals surface area contributed by atoms with Gasteiger partial charge in [0.05, 0.1) is 5.52 Å². The number of benzene rings is 1. The minimum Gasteiger partial charge on any atom is -0.323 e.